The lowest BCUT2D eigenvalue weighted by Gasteiger charge is -2.05. The second kappa shape index (κ2) is 4.92. The summed E-state index contributed by atoms with van der Waals surface area (Å²) in [5, 5.41) is 3.14. The first-order valence-electron chi connectivity index (χ1n) is 5.64. The van der Waals surface area contributed by atoms with Gasteiger partial charge in [-0.15, -0.1) is 0 Å². The number of H-pyrrole nitrogens is 1. The lowest BCUT2D eigenvalue weighted by atomic mass is 10.1. The van der Waals surface area contributed by atoms with Gasteiger partial charge in [0.2, 0.25) is 0 Å². The van der Waals surface area contributed by atoms with Crippen molar-refractivity contribution in [2.75, 3.05) is 0 Å². The van der Waals surface area contributed by atoms with E-state index in [2.05, 4.69) is 34.9 Å². The highest BCUT2D eigenvalue weighted by molar-refractivity contribution is 9.10. The predicted molar refractivity (Wildman–Crippen MR) is 72.6 cm³/mol. The van der Waals surface area contributed by atoms with Gasteiger partial charge in [0.15, 0.2) is 0 Å². The van der Waals surface area contributed by atoms with E-state index in [1.165, 1.54) is 0 Å². The van der Waals surface area contributed by atoms with Gasteiger partial charge in [-0.3, -0.25) is 9.89 Å². The van der Waals surface area contributed by atoms with Crippen LogP contribution in [0.15, 0.2) is 39.6 Å². The molecule has 0 saturated carbocycles. The molecule has 0 atom stereocenters. The molecule has 17 heavy (non-hydrogen) atoms. The molecule has 1 aromatic carbocycles. The summed E-state index contributed by atoms with van der Waals surface area (Å²) in [5.41, 5.74) is 1.79. The monoisotopic (exact) mass is 294 g/mol. The molecule has 0 bridgehead atoms. The standard InChI is InChI=1S/C13H15BrN2O/c1-9(2)7-10-8-13(17)16(15-10)12-6-4-3-5-11(12)14/h3-6,8-9,15H,7H2,1-2H3. The number of aromatic amines is 1. The molecule has 0 amide bonds. The van der Waals surface area contributed by atoms with E-state index in [0.717, 1.165) is 22.3 Å². The first-order chi connectivity index (χ1) is 8.08. The van der Waals surface area contributed by atoms with Crippen LogP contribution in [0.2, 0.25) is 0 Å². The van der Waals surface area contributed by atoms with E-state index in [1.807, 2.05) is 24.3 Å². The Morgan fingerprint density at radius 1 is 1.35 bits per heavy atom. The Labute approximate surface area is 109 Å². The van der Waals surface area contributed by atoms with Gasteiger partial charge in [-0.2, -0.15) is 0 Å². The highest BCUT2D eigenvalue weighted by Gasteiger charge is 2.08. The maximum absolute atomic E-state index is 11.9. The van der Waals surface area contributed by atoms with E-state index in [4.69, 9.17) is 0 Å². The molecule has 3 nitrogen and oxygen atoms in total. The van der Waals surface area contributed by atoms with Gasteiger partial charge in [0, 0.05) is 16.2 Å². The van der Waals surface area contributed by atoms with Gasteiger partial charge in [-0.1, -0.05) is 26.0 Å². The van der Waals surface area contributed by atoms with Gasteiger partial charge in [-0.25, -0.2) is 4.68 Å². The normalized spacial score (nSPS) is 11.1. The minimum atomic E-state index is -0.0208. The van der Waals surface area contributed by atoms with Crippen molar-refractivity contribution in [3.63, 3.8) is 0 Å². The molecule has 2 aromatic rings. The molecule has 0 saturated heterocycles. The number of para-hydroxylation sites is 1. The van der Waals surface area contributed by atoms with Crippen LogP contribution >= 0.6 is 15.9 Å². The highest BCUT2D eigenvalue weighted by Crippen LogP contribution is 2.18. The van der Waals surface area contributed by atoms with E-state index in [-0.39, 0.29) is 5.56 Å². The van der Waals surface area contributed by atoms with Crippen molar-refractivity contribution < 1.29 is 0 Å². The number of hydrogen-bond acceptors (Lipinski definition) is 1. The molecular formula is C13H15BrN2O. The van der Waals surface area contributed by atoms with E-state index < -0.39 is 0 Å². The summed E-state index contributed by atoms with van der Waals surface area (Å²) >= 11 is 3.45. The van der Waals surface area contributed by atoms with Gasteiger partial charge < -0.3 is 0 Å². The zero-order chi connectivity index (χ0) is 12.4. The lowest BCUT2D eigenvalue weighted by Crippen LogP contribution is -2.13. The first kappa shape index (κ1) is 12.2. The Morgan fingerprint density at radius 2 is 2.06 bits per heavy atom. The molecule has 1 aromatic heterocycles. The Bertz CT molecular complexity index is 569. The highest BCUT2D eigenvalue weighted by atomic mass is 79.9. The molecule has 0 unspecified atom stereocenters. The molecule has 0 radical (unpaired) electrons. The van der Waals surface area contributed by atoms with Crippen molar-refractivity contribution in [1.29, 1.82) is 0 Å². The number of benzene rings is 1. The van der Waals surface area contributed by atoms with Gasteiger partial charge in [0.05, 0.1) is 5.69 Å². The molecule has 4 heteroatoms. The summed E-state index contributed by atoms with van der Waals surface area (Å²) in [6, 6.07) is 9.33. The summed E-state index contributed by atoms with van der Waals surface area (Å²) in [5.74, 6) is 0.528. The molecule has 0 fully saturated rings. The molecule has 90 valence electrons. The summed E-state index contributed by atoms with van der Waals surface area (Å²) in [6.07, 6.45) is 0.882. The number of halogens is 1. The zero-order valence-corrected chi connectivity index (χ0v) is 11.5. The molecule has 0 aliphatic heterocycles. The van der Waals surface area contributed by atoms with Crippen LogP contribution in [0.4, 0.5) is 0 Å². The Balaban J connectivity index is 2.43. The smallest absolute Gasteiger partial charge is 0.271 e. The maximum atomic E-state index is 11.9. The molecule has 1 heterocycles. The summed E-state index contributed by atoms with van der Waals surface area (Å²) in [6.45, 7) is 4.27. The molecule has 0 aliphatic rings. The van der Waals surface area contributed by atoms with Crippen molar-refractivity contribution in [3.8, 4) is 5.69 Å². The SMILES string of the molecule is CC(C)Cc1cc(=O)n(-c2ccccc2Br)[nH]1. The van der Waals surface area contributed by atoms with Crippen LogP contribution < -0.4 is 5.56 Å². The summed E-state index contributed by atoms with van der Waals surface area (Å²) in [4.78, 5) is 11.9. The van der Waals surface area contributed by atoms with Crippen LogP contribution in [0.5, 0.6) is 0 Å². The van der Waals surface area contributed by atoms with Gasteiger partial charge in [0.25, 0.3) is 5.56 Å². The van der Waals surface area contributed by atoms with Crippen molar-refractivity contribution >= 4 is 15.9 Å². The van der Waals surface area contributed by atoms with E-state index in [1.54, 1.807) is 10.7 Å². The first-order valence-corrected chi connectivity index (χ1v) is 6.43. The molecule has 1 N–H and O–H groups in total. The fraction of sp³-hybridized carbons (Fsp3) is 0.308. The quantitative estimate of drug-likeness (QED) is 0.928. The molecule has 0 spiro atoms. The second-order valence-corrected chi connectivity index (χ2v) is 5.36. The fourth-order valence-corrected chi connectivity index (χ4v) is 2.26. The van der Waals surface area contributed by atoms with Crippen LogP contribution in [0.25, 0.3) is 5.69 Å². The van der Waals surface area contributed by atoms with E-state index in [9.17, 15) is 4.79 Å². The molecule has 0 aliphatic carbocycles. The average Bonchev–Trinajstić information content (AvgIpc) is 2.59. The molecule has 2 rings (SSSR count). The van der Waals surface area contributed by atoms with Crippen molar-refractivity contribution in [2.45, 2.75) is 20.3 Å². The second-order valence-electron chi connectivity index (χ2n) is 4.50. The predicted octanol–water partition coefficient (Wildman–Crippen LogP) is 3.13. The average molecular weight is 295 g/mol. The number of aromatic nitrogens is 2. The van der Waals surface area contributed by atoms with E-state index >= 15 is 0 Å². The third-order valence-electron chi connectivity index (χ3n) is 2.50. The fourth-order valence-electron chi connectivity index (χ4n) is 1.80. The minimum absolute atomic E-state index is 0.0208. The van der Waals surface area contributed by atoms with Crippen LogP contribution in [0.3, 0.4) is 0 Å². The van der Waals surface area contributed by atoms with E-state index in [0.29, 0.717) is 5.92 Å². The van der Waals surface area contributed by atoms with Crippen LogP contribution in [0.1, 0.15) is 19.5 Å². The third-order valence-corrected chi connectivity index (χ3v) is 3.17. The maximum Gasteiger partial charge on any atom is 0.271 e. The Kier molecular flexibility index (Phi) is 3.52. The third kappa shape index (κ3) is 2.69. The number of nitrogens with one attached hydrogen (secondary N) is 1. The Hall–Kier alpha value is -1.29. The largest absolute Gasteiger partial charge is 0.295 e. The molecular weight excluding hydrogens is 280 g/mol. The van der Waals surface area contributed by atoms with Gasteiger partial charge in [-0.05, 0) is 40.4 Å². The number of rotatable bonds is 3. The summed E-state index contributed by atoms with van der Waals surface area (Å²) in [7, 11) is 0. The van der Waals surface area contributed by atoms with Gasteiger partial charge in [0.1, 0.15) is 0 Å². The van der Waals surface area contributed by atoms with Crippen LogP contribution in [-0.4, -0.2) is 9.78 Å². The minimum Gasteiger partial charge on any atom is -0.295 e. The zero-order valence-electron chi connectivity index (χ0n) is 9.90. The number of nitrogens with zero attached hydrogens (tertiary/aromatic N) is 1. The van der Waals surface area contributed by atoms with Crippen molar-refractivity contribution in [2.24, 2.45) is 5.92 Å². The lowest BCUT2D eigenvalue weighted by molar-refractivity contribution is 0.627. The number of hydrogen-bond donors (Lipinski definition) is 1. The van der Waals surface area contributed by atoms with Crippen LogP contribution in [-0.2, 0) is 6.42 Å². The van der Waals surface area contributed by atoms with Crippen LogP contribution in [0, 0.1) is 5.92 Å². The van der Waals surface area contributed by atoms with Crippen molar-refractivity contribution in [3.05, 3.63) is 50.9 Å². The Morgan fingerprint density at radius 3 is 2.71 bits per heavy atom. The van der Waals surface area contributed by atoms with Crippen molar-refractivity contribution in [1.82, 2.24) is 9.78 Å². The van der Waals surface area contributed by atoms with Gasteiger partial charge >= 0.3 is 0 Å². The summed E-state index contributed by atoms with van der Waals surface area (Å²) < 4.78 is 2.47. The topological polar surface area (TPSA) is 37.8 Å².